The van der Waals surface area contributed by atoms with E-state index in [0.717, 1.165) is 51.1 Å². The Morgan fingerprint density at radius 3 is 2.56 bits per heavy atom. The second kappa shape index (κ2) is 13.0. The Bertz CT molecular complexity index is 831. The fourth-order valence-corrected chi connectivity index (χ4v) is 4.37. The summed E-state index contributed by atoms with van der Waals surface area (Å²) in [6, 6.07) is 14.4. The van der Waals surface area contributed by atoms with Crippen LogP contribution in [-0.4, -0.2) is 48.1 Å². The molecule has 1 unspecified atom stereocenters. The molecule has 0 saturated carbocycles. The van der Waals surface area contributed by atoms with Crippen molar-refractivity contribution in [3.63, 3.8) is 0 Å². The number of β-amino-alcohol motifs (C(OH)–C–C–N with tert-alkyl or cyclic N) is 1. The summed E-state index contributed by atoms with van der Waals surface area (Å²) in [6.45, 7) is 5.67. The summed E-state index contributed by atoms with van der Waals surface area (Å²) in [5, 5.41) is 10.9. The fraction of sp³-hybridized carbons (Fsp3) is 0.519. The molecule has 1 atom stereocenters. The van der Waals surface area contributed by atoms with Crippen molar-refractivity contribution in [1.82, 2.24) is 4.90 Å². The summed E-state index contributed by atoms with van der Waals surface area (Å²) in [5.74, 6) is 1.20. The summed E-state index contributed by atoms with van der Waals surface area (Å²) in [4.78, 5) is 15.1. The van der Waals surface area contributed by atoms with E-state index in [0.29, 0.717) is 28.7 Å². The van der Waals surface area contributed by atoms with Gasteiger partial charge in [-0.05, 0) is 74.7 Å². The Hall–Kier alpha value is -1.88. The predicted octanol–water partition coefficient (Wildman–Crippen LogP) is 5.99. The van der Waals surface area contributed by atoms with Crippen LogP contribution in [0.3, 0.4) is 0 Å². The zero-order valence-corrected chi connectivity index (χ0v) is 19.9. The normalized spacial score (nSPS) is 16.1. The monoisotopic (exact) mass is 457 g/mol. The predicted molar refractivity (Wildman–Crippen MR) is 131 cm³/mol. The average Bonchev–Trinajstić information content (AvgIpc) is 2.82. The van der Waals surface area contributed by atoms with E-state index in [4.69, 9.17) is 16.3 Å². The topological polar surface area (TPSA) is 49.8 Å². The number of ketones is 1. The number of nitrogens with zero attached hydrogens (tertiary/aromatic N) is 1. The van der Waals surface area contributed by atoms with Gasteiger partial charge in [0.1, 0.15) is 5.75 Å². The molecular weight excluding hydrogens is 422 g/mol. The van der Waals surface area contributed by atoms with Gasteiger partial charge in [-0.3, -0.25) is 4.79 Å². The van der Waals surface area contributed by atoms with Crippen molar-refractivity contribution in [2.75, 3.05) is 26.2 Å². The molecule has 32 heavy (non-hydrogen) atoms. The smallest absolute Gasteiger partial charge is 0.193 e. The summed E-state index contributed by atoms with van der Waals surface area (Å²) >= 11 is 5.92. The van der Waals surface area contributed by atoms with Crippen molar-refractivity contribution in [2.24, 2.45) is 5.92 Å². The largest absolute Gasteiger partial charge is 0.493 e. The number of unbranched alkanes of at least 4 members (excludes halogenated alkanes) is 3. The molecule has 1 aliphatic heterocycles. The first-order valence-corrected chi connectivity index (χ1v) is 12.4. The Kier molecular flexibility index (Phi) is 10.0. The molecule has 0 radical (unpaired) electrons. The van der Waals surface area contributed by atoms with Gasteiger partial charge in [0.15, 0.2) is 5.78 Å². The number of likely N-dealkylation sites (tertiary alicyclic amines) is 1. The first kappa shape index (κ1) is 24.8. The number of carbonyl (C=O) groups excluding carboxylic acids is 1. The van der Waals surface area contributed by atoms with Gasteiger partial charge in [0.25, 0.3) is 0 Å². The van der Waals surface area contributed by atoms with E-state index in [1.807, 2.05) is 24.3 Å². The highest BCUT2D eigenvalue weighted by Crippen LogP contribution is 2.22. The minimum absolute atomic E-state index is 0.0336. The Balaban J connectivity index is 1.41. The van der Waals surface area contributed by atoms with Crippen LogP contribution in [-0.2, 0) is 0 Å². The van der Waals surface area contributed by atoms with Crippen LogP contribution in [0.1, 0.15) is 67.8 Å². The van der Waals surface area contributed by atoms with E-state index in [9.17, 15) is 9.90 Å². The van der Waals surface area contributed by atoms with Gasteiger partial charge in [0.2, 0.25) is 0 Å². The second-order valence-electron chi connectivity index (χ2n) is 8.92. The fourth-order valence-electron chi connectivity index (χ4n) is 4.24. The van der Waals surface area contributed by atoms with Crippen molar-refractivity contribution in [3.8, 4) is 5.75 Å². The first-order chi connectivity index (χ1) is 15.5. The highest BCUT2D eigenvalue weighted by molar-refractivity contribution is 6.30. The second-order valence-corrected chi connectivity index (χ2v) is 9.36. The lowest BCUT2D eigenvalue weighted by atomic mass is 9.97. The van der Waals surface area contributed by atoms with Gasteiger partial charge < -0.3 is 14.7 Å². The molecule has 0 bridgehead atoms. The van der Waals surface area contributed by atoms with Crippen LogP contribution >= 0.6 is 11.6 Å². The van der Waals surface area contributed by atoms with Gasteiger partial charge in [-0.2, -0.15) is 0 Å². The number of piperidine rings is 1. The lowest BCUT2D eigenvalue weighted by Crippen LogP contribution is -2.40. The number of hydrogen-bond donors (Lipinski definition) is 1. The lowest BCUT2D eigenvalue weighted by molar-refractivity contribution is 0.0735. The van der Waals surface area contributed by atoms with Gasteiger partial charge in [0, 0.05) is 22.7 Å². The number of aliphatic hydroxyl groups excluding tert-OH is 1. The van der Waals surface area contributed by atoms with E-state index in [1.54, 1.807) is 24.3 Å². The molecule has 0 aliphatic carbocycles. The molecule has 2 aromatic rings. The molecule has 1 aliphatic rings. The average molecular weight is 458 g/mol. The zero-order chi connectivity index (χ0) is 22.8. The molecule has 0 amide bonds. The van der Waals surface area contributed by atoms with E-state index in [1.165, 1.54) is 19.3 Å². The van der Waals surface area contributed by atoms with Crippen LogP contribution in [0.25, 0.3) is 0 Å². The minimum Gasteiger partial charge on any atom is -0.493 e. The van der Waals surface area contributed by atoms with Crippen molar-refractivity contribution in [3.05, 3.63) is 64.7 Å². The van der Waals surface area contributed by atoms with Gasteiger partial charge in [0.05, 0.1) is 12.7 Å². The number of aliphatic hydroxyl groups is 1. The molecule has 5 heteroatoms. The van der Waals surface area contributed by atoms with Crippen molar-refractivity contribution in [1.29, 1.82) is 0 Å². The van der Waals surface area contributed by atoms with Crippen LogP contribution in [0.5, 0.6) is 5.75 Å². The maximum Gasteiger partial charge on any atom is 0.193 e. The molecule has 1 heterocycles. The van der Waals surface area contributed by atoms with Gasteiger partial charge >= 0.3 is 0 Å². The third-order valence-electron chi connectivity index (χ3n) is 6.26. The molecule has 2 aromatic carbocycles. The molecule has 0 aromatic heterocycles. The first-order valence-electron chi connectivity index (χ1n) is 12.0. The third kappa shape index (κ3) is 7.91. The highest BCUT2D eigenvalue weighted by atomic mass is 35.5. The number of hydrogen-bond acceptors (Lipinski definition) is 4. The van der Waals surface area contributed by atoms with Gasteiger partial charge in [-0.25, -0.2) is 0 Å². The third-order valence-corrected chi connectivity index (χ3v) is 6.51. The molecule has 4 nitrogen and oxygen atoms in total. The Labute approximate surface area is 197 Å². The summed E-state index contributed by atoms with van der Waals surface area (Å²) in [5.41, 5.74) is 1.24. The number of ether oxygens (including phenoxy) is 1. The number of benzene rings is 2. The quantitative estimate of drug-likeness (QED) is 0.314. The van der Waals surface area contributed by atoms with E-state index < -0.39 is 0 Å². The summed E-state index contributed by atoms with van der Waals surface area (Å²) in [6.07, 6.45) is 7.69. The summed E-state index contributed by atoms with van der Waals surface area (Å²) < 4.78 is 6.04. The van der Waals surface area contributed by atoms with Crippen LogP contribution in [0.15, 0.2) is 48.5 Å². The summed E-state index contributed by atoms with van der Waals surface area (Å²) in [7, 11) is 0. The molecule has 1 fully saturated rings. The maximum absolute atomic E-state index is 12.7. The SMILES string of the molecule is CCCCCCC(O)CN1CCC(COc2cccc(C(=O)c3ccc(Cl)cc3)c2)CC1. The van der Waals surface area contributed by atoms with Crippen LogP contribution < -0.4 is 4.74 Å². The Morgan fingerprint density at radius 1 is 1.09 bits per heavy atom. The van der Waals surface area contributed by atoms with Gasteiger partial charge in [-0.1, -0.05) is 56.3 Å². The van der Waals surface area contributed by atoms with Crippen molar-refractivity contribution in [2.45, 2.75) is 58.0 Å². The zero-order valence-electron chi connectivity index (χ0n) is 19.1. The van der Waals surface area contributed by atoms with E-state index in [2.05, 4.69) is 11.8 Å². The molecule has 174 valence electrons. The molecule has 1 saturated heterocycles. The van der Waals surface area contributed by atoms with Gasteiger partial charge in [-0.15, -0.1) is 0 Å². The minimum atomic E-state index is -0.208. The van der Waals surface area contributed by atoms with Crippen LogP contribution in [0.2, 0.25) is 5.02 Å². The number of rotatable bonds is 12. The van der Waals surface area contributed by atoms with Crippen LogP contribution in [0.4, 0.5) is 0 Å². The van der Waals surface area contributed by atoms with E-state index >= 15 is 0 Å². The standard InChI is InChI=1S/C27H36ClNO3/c1-2-3-4-5-8-25(30)19-29-16-14-21(15-17-29)20-32-26-9-6-7-23(18-26)27(31)22-10-12-24(28)13-11-22/h6-7,9-13,18,21,25,30H,2-5,8,14-17,19-20H2,1H3. The molecule has 0 spiro atoms. The maximum atomic E-state index is 12.7. The Morgan fingerprint density at radius 2 is 1.84 bits per heavy atom. The lowest BCUT2D eigenvalue weighted by Gasteiger charge is -2.33. The highest BCUT2D eigenvalue weighted by Gasteiger charge is 2.21. The molecular formula is C27H36ClNO3. The van der Waals surface area contributed by atoms with Crippen molar-refractivity contribution < 1.29 is 14.6 Å². The molecule has 3 rings (SSSR count). The number of halogens is 1. The van der Waals surface area contributed by atoms with E-state index in [-0.39, 0.29) is 11.9 Å². The van der Waals surface area contributed by atoms with Crippen LogP contribution in [0, 0.1) is 5.92 Å². The molecule has 1 N–H and O–H groups in total. The van der Waals surface area contributed by atoms with Crippen molar-refractivity contribution >= 4 is 17.4 Å². The number of carbonyl (C=O) groups is 1.